The fourth-order valence-corrected chi connectivity index (χ4v) is 4.46. The number of urea groups is 1. The predicted octanol–water partition coefficient (Wildman–Crippen LogP) is 4.71. The SMILES string of the molecule is COC(=O)Cc1ccc(-c2ccc(NC(=O)NC3(c4ccnc(C#N)n4)CCCCC3)cc2)cc1. The number of hydrogen-bond donors (Lipinski definition) is 2. The first-order valence-electron chi connectivity index (χ1n) is 11.6. The fourth-order valence-electron chi connectivity index (χ4n) is 4.46. The Labute approximate surface area is 204 Å². The maximum Gasteiger partial charge on any atom is 0.319 e. The first kappa shape index (κ1) is 23.9. The van der Waals surface area contributed by atoms with E-state index in [1.807, 2.05) is 54.6 Å². The lowest BCUT2D eigenvalue weighted by Gasteiger charge is -2.37. The van der Waals surface area contributed by atoms with Crippen LogP contribution in [0.5, 0.6) is 0 Å². The van der Waals surface area contributed by atoms with Gasteiger partial charge in [0.15, 0.2) is 0 Å². The molecule has 0 unspecified atom stereocenters. The van der Waals surface area contributed by atoms with Gasteiger partial charge in [0.1, 0.15) is 6.07 Å². The minimum atomic E-state index is -0.622. The summed E-state index contributed by atoms with van der Waals surface area (Å²) < 4.78 is 4.71. The van der Waals surface area contributed by atoms with E-state index in [4.69, 9.17) is 4.74 Å². The summed E-state index contributed by atoms with van der Waals surface area (Å²) in [4.78, 5) is 32.7. The lowest BCUT2D eigenvalue weighted by molar-refractivity contribution is -0.139. The largest absolute Gasteiger partial charge is 0.469 e. The molecule has 35 heavy (non-hydrogen) atoms. The fraction of sp³-hybridized carbons (Fsp3) is 0.296. The summed E-state index contributed by atoms with van der Waals surface area (Å²) in [5.74, 6) is -0.171. The Kier molecular flexibility index (Phi) is 7.36. The first-order chi connectivity index (χ1) is 17.0. The highest BCUT2D eigenvalue weighted by Gasteiger charge is 2.37. The third-order valence-electron chi connectivity index (χ3n) is 6.31. The second kappa shape index (κ2) is 10.8. The average Bonchev–Trinajstić information content (AvgIpc) is 2.90. The molecule has 2 amide bonds. The number of methoxy groups -OCH3 is 1. The molecule has 2 aromatic carbocycles. The Morgan fingerprint density at radius 1 is 1.00 bits per heavy atom. The molecule has 0 bridgehead atoms. The molecule has 1 fully saturated rings. The third kappa shape index (κ3) is 5.82. The van der Waals surface area contributed by atoms with Gasteiger partial charge >= 0.3 is 12.0 Å². The van der Waals surface area contributed by atoms with Crippen molar-refractivity contribution in [1.29, 1.82) is 5.26 Å². The molecular formula is C27H27N5O3. The van der Waals surface area contributed by atoms with Crippen LogP contribution >= 0.6 is 0 Å². The van der Waals surface area contributed by atoms with Crippen molar-refractivity contribution in [2.45, 2.75) is 44.1 Å². The minimum absolute atomic E-state index is 0.101. The molecule has 0 aliphatic heterocycles. The number of nitrogens with zero attached hydrogens (tertiary/aromatic N) is 3. The van der Waals surface area contributed by atoms with E-state index in [0.717, 1.165) is 48.8 Å². The maximum atomic E-state index is 13.0. The molecule has 4 rings (SSSR count). The standard InChI is InChI=1S/C27H27N5O3/c1-35-25(33)17-19-5-7-20(8-6-19)21-9-11-22(12-10-21)30-26(34)32-27(14-3-2-4-15-27)23-13-16-29-24(18-28)31-23/h5-13,16H,2-4,14-15,17H2,1H3,(H2,30,32,34). The molecule has 2 N–H and O–H groups in total. The Balaban J connectivity index is 1.44. The van der Waals surface area contributed by atoms with Gasteiger partial charge < -0.3 is 15.4 Å². The normalized spacial score (nSPS) is 14.4. The van der Waals surface area contributed by atoms with Crippen molar-refractivity contribution in [3.63, 3.8) is 0 Å². The van der Waals surface area contributed by atoms with E-state index in [1.165, 1.54) is 7.11 Å². The molecule has 3 aromatic rings. The van der Waals surface area contributed by atoms with Gasteiger partial charge in [-0.15, -0.1) is 0 Å². The highest BCUT2D eigenvalue weighted by molar-refractivity contribution is 5.90. The number of amides is 2. The van der Waals surface area contributed by atoms with Gasteiger partial charge in [-0.25, -0.2) is 14.8 Å². The van der Waals surface area contributed by atoms with E-state index in [2.05, 4.69) is 20.6 Å². The number of aromatic nitrogens is 2. The van der Waals surface area contributed by atoms with Gasteiger partial charge in [0.25, 0.3) is 0 Å². The molecule has 1 aromatic heterocycles. The Bertz CT molecular complexity index is 1230. The second-order valence-corrected chi connectivity index (χ2v) is 8.63. The number of hydrogen-bond acceptors (Lipinski definition) is 6. The van der Waals surface area contributed by atoms with Crippen LogP contribution < -0.4 is 10.6 Å². The monoisotopic (exact) mass is 469 g/mol. The molecule has 1 saturated carbocycles. The predicted molar refractivity (Wildman–Crippen MR) is 131 cm³/mol. The molecule has 178 valence electrons. The van der Waals surface area contributed by atoms with E-state index in [-0.39, 0.29) is 24.2 Å². The molecule has 0 saturated heterocycles. The average molecular weight is 470 g/mol. The van der Waals surface area contributed by atoms with E-state index in [9.17, 15) is 14.9 Å². The zero-order valence-corrected chi connectivity index (χ0v) is 19.6. The minimum Gasteiger partial charge on any atom is -0.469 e. The van der Waals surface area contributed by atoms with Crippen LogP contribution in [0.1, 0.15) is 49.2 Å². The van der Waals surface area contributed by atoms with Gasteiger partial charge in [-0.05, 0) is 47.7 Å². The van der Waals surface area contributed by atoms with Gasteiger partial charge in [0, 0.05) is 11.9 Å². The third-order valence-corrected chi connectivity index (χ3v) is 6.31. The first-order valence-corrected chi connectivity index (χ1v) is 11.6. The van der Waals surface area contributed by atoms with Crippen molar-refractivity contribution in [2.24, 2.45) is 0 Å². The second-order valence-electron chi connectivity index (χ2n) is 8.63. The van der Waals surface area contributed by atoms with Crippen LogP contribution in [0.2, 0.25) is 0 Å². The molecule has 8 nitrogen and oxygen atoms in total. The zero-order valence-electron chi connectivity index (χ0n) is 19.6. The number of carbonyl (C=O) groups is 2. The van der Waals surface area contributed by atoms with E-state index in [0.29, 0.717) is 11.4 Å². The summed E-state index contributed by atoms with van der Waals surface area (Å²) >= 11 is 0. The molecule has 1 aliphatic carbocycles. The number of anilines is 1. The van der Waals surface area contributed by atoms with Gasteiger partial charge in [-0.3, -0.25) is 4.79 Å². The molecule has 0 radical (unpaired) electrons. The lowest BCUT2D eigenvalue weighted by atomic mass is 9.79. The van der Waals surface area contributed by atoms with E-state index >= 15 is 0 Å². The lowest BCUT2D eigenvalue weighted by Crippen LogP contribution is -2.49. The summed E-state index contributed by atoms with van der Waals surface area (Å²) in [5, 5.41) is 15.2. The van der Waals surface area contributed by atoms with Crippen LogP contribution in [-0.2, 0) is 21.5 Å². The number of rotatable bonds is 6. The molecule has 1 heterocycles. The summed E-state index contributed by atoms with van der Waals surface area (Å²) in [6, 6.07) is 18.7. The van der Waals surface area contributed by atoms with Crippen molar-refractivity contribution < 1.29 is 14.3 Å². The van der Waals surface area contributed by atoms with Gasteiger partial charge in [-0.1, -0.05) is 55.7 Å². The molecule has 0 spiro atoms. The van der Waals surface area contributed by atoms with Crippen LogP contribution in [0.3, 0.4) is 0 Å². The maximum absolute atomic E-state index is 13.0. The topological polar surface area (TPSA) is 117 Å². The van der Waals surface area contributed by atoms with Crippen LogP contribution in [0.15, 0.2) is 60.8 Å². The Morgan fingerprint density at radius 3 is 2.29 bits per heavy atom. The summed E-state index contributed by atoms with van der Waals surface area (Å²) in [6.07, 6.45) is 6.37. The van der Waals surface area contributed by atoms with Crippen molar-refractivity contribution in [2.75, 3.05) is 12.4 Å². The Morgan fingerprint density at radius 2 is 1.66 bits per heavy atom. The van der Waals surface area contributed by atoms with Gasteiger partial charge in [0.2, 0.25) is 5.82 Å². The highest BCUT2D eigenvalue weighted by Crippen LogP contribution is 2.36. The number of nitriles is 1. The summed E-state index contributed by atoms with van der Waals surface area (Å²) in [6.45, 7) is 0. The van der Waals surface area contributed by atoms with E-state index < -0.39 is 5.54 Å². The summed E-state index contributed by atoms with van der Waals surface area (Å²) in [5.41, 5.74) is 3.60. The zero-order chi connectivity index (χ0) is 24.7. The van der Waals surface area contributed by atoms with Crippen LogP contribution in [0, 0.1) is 11.3 Å². The van der Waals surface area contributed by atoms with Crippen molar-refractivity contribution >= 4 is 17.7 Å². The van der Waals surface area contributed by atoms with Gasteiger partial charge in [-0.2, -0.15) is 5.26 Å². The van der Waals surface area contributed by atoms with Gasteiger partial charge in [0.05, 0.1) is 24.8 Å². The molecular weight excluding hydrogens is 442 g/mol. The number of nitrogens with one attached hydrogen (secondary N) is 2. The number of benzene rings is 2. The number of ether oxygens (including phenoxy) is 1. The van der Waals surface area contributed by atoms with Crippen LogP contribution in [-0.4, -0.2) is 29.1 Å². The van der Waals surface area contributed by atoms with E-state index in [1.54, 1.807) is 12.3 Å². The Hall–Kier alpha value is -4.25. The molecule has 0 atom stereocenters. The van der Waals surface area contributed by atoms with Crippen molar-refractivity contribution in [3.05, 3.63) is 77.9 Å². The summed E-state index contributed by atoms with van der Waals surface area (Å²) in [7, 11) is 1.38. The molecule has 8 heteroatoms. The number of esters is 1. The van der Waals surface area contributed by atoms with Crippen LogP contribution in [0.25, 0.3) is 11.1 Å². The smallest absolute Gasteiger partial charge is 0.319 e. The van der Waals surface area contributed by atoms with Crippen molar-refractivity contribution in [3.8, 4) is 17.2 Å². The highest BCUT2D eigenvalue weighted by atomic mass is 16.5. The quantitative estimate of drug-likeness (QED) is 0.505. The number of carbonyl (C=O) groups excluding carboxylic acids is 2. The van der Waals surface area contributed by atoms with Crippen molar-refractivity contribution in [1.82, 2.24) is 15.3 Å². The molecule has 1 aliphatic rings. The van der Waals surface area contributed by atoms with Crippen LogP contribution in [0.4, 0.5) is 10.5 Å².